The number of anilines is 2. The standard InChI is InChI=1S/C21H25BrN4O2/c1-15-11-17(22)7-8-19(15)25-20(27)13-24-21(28)23-12-16-9-10-26(14-16)18-5-3-2-4-6-18/h2-8,11,16H,9-10,12-14H2,1H3,(H,25,27)(H2,23,24,28). The number of aryl methyl sites for hydroxylation is 1. The van der Waals surface area contributed by atoms with Gasteiger partial charge in [0.05, 0.1) is 6.54 Å². The van der Waals surface area contributed by atoms with Gasteiger partial charge in [-0.3, -0.25) is 4.79 Å². The van der Waals surface area contributed by atoms with Crippen molar-refractivity contribution in [2.45, 2.75) is 13.3 Å². The molecule has 1 unspecified atom stereocenters. The molecule has 0 bridgehead atoms. The maximum atomic E-state index is 12.0. The summed E-state index contributed by atoms with van der Waals surface area (Å²) < 4.78 is 0.957. The van der Waals surface area contributed by atoms with Crippen LogP contribution < -0.4 is 20.9 Å². The SMILES string of the molecule is Cc1cc(Br)ccc1NC(=O)CNC(=O)NCC1CCN(c2ccccc2)C1. The van der Waals surface area contributed by atoms with Crippen molar-refractivity contribution in [1.82, 2.24) is 10.6 Å². The third-order valence-corrected chi connectivity index (χ3v) is 5.32. The number of hydrogen-bond donors (Lipinski definition) is 3. The Morgan fingerprint density at radius 2 is 1.93 bits per heavy atom. The van der Waals surface area contributed by atoms with Crippen LogP contribution in [0.2, 0.25) is 0 Å². The van der Waals surface area contributed by atoms with Crippen LogP contribution in [0.3, 0.4) is 0 Å². The minimum Gasteiger partial charge on any atom is -0.371 e. The second-order valence-corrected chi connectivity index (χ2v) is 7.92. The third kappa shape index (κ3) is 5.73. The third-order valence-electron chi connectivity index (χ3n) is 4.83. The van der Waals surface area contributed by atoms with Crippen LogP contribution in [0.1, 0.15) is 12.0 Å². The second-order valence-electron chi connectivity index (χ2n) is 7.01. The minimum atomic E-state index is -0.319. The van der Waals surface area contributed by atoms with Crippen molar-refractivity contribution < 1.29 is 9.59 Å². The van der Waals surface area contributed by atoms with E-state index in [4.69, 9.17) is 0 Å². The van der Waals surface area contributed by atoms with E-state index in [9.17, 15) is 9.59 Å². The fourth-order valence-electron chi connectivity index (χ4n) is 3.29. The summed E-state index contributed by atoms with van der Waals surface area (Å²) >= 11 is 3.39. The summed E-state index contributed by atoms with van der Waals surface area (Å²) in [6.45, 7) is 4.37. The molecule has 7 heteroatoms. The molecular formula is C21H25BrN4O2. The highest BCUT2D eigenvalue weighted by molar-refractivity contribution is 9.10. The van der Waals surface area contributed by atoms with E-state index in [1.807, 2.05) is 43.3 Å². The van der Waals surface area contributed by atoms with Crippen molar-refractivity contribution in [1.29, 1.82) is 0 Å². The maximum Gasteiger partial charge on any atom is 0.315 e. The van der Waals surface area contributed by atoms with Gasteiger partial charge in [0.2, 0.25) is 5.91 Å². The number of benzene rings is 2. The molecule has 3 rings (SSSR count). The number of hydrogen-bond acceptors (Lipinski definition) is 3. The fourth-order valence-corrected chi connectivity index (χ4v) is 3.77. The van der Waals surface area contributed by atoms with Crippen LogP contribution in [0, 0.1) is 12.8 Å². The van der Waals surface area contributed by atoms with Crippen molar-refractivity contribution in [2.75, 3.05) is 36.4 Å². The summed E-state index contributed by atoms with van der Waals surface area (Å²) in [4.78, 5) is 26.4. The predicted octanol–water partition coefficient (Wildman–Crippen LogP) is 3.52. The first kappa shape index (κ1) is 20.2. The molecule has 1 saturated heterocycles. The van der Waals surface area contributed by atoms with Crippen molar-refractivity contribution >= 4 is 39.2 Å². The summed E-state index contributed by atoms with van der Waals surface area (Å²) in [5.74, 6) is 0.155. The van der Waals surface area contributed by atoms with E-state index in [1.54, 1.807) is 0 Å². The van der Waals surface area contributed by atoms with Crippen molar-refractivity contribution in [3.05, 3.63) is 58.6 Å². The number of urea groups is 1. The highest BCUT2D eigenvalue weighted by atomic mass is 79.9. The van der Waals surface area contributed by atoms with Gasteiger partial charge in [-0.1, -0.05) is 34.1 Å². The number of amides is 3. The number of para-hydroxylation sites is 1. The molecule has 1 aliphatic rings. The van der Waals surface area contributed by atoms with Crippen molar-refractivity contribution in [3.63, 3.8) is 0 Å². The van der Waals surface area contributed by atoms with Gasteiger partial charge < -0.3 is 20.9 Å². The number of nitrogens with zero attached hydrogens (tertiary/aromatic N) is 1. The molecule has 3 amide bonds. The van der Waals surface area contributed by atoms with Gasteiger partial charge in [0, 0.05) is 35.5 Å². The van der Waals surface area contributed by atoms with Crippen molar-refractivity contribution in [2.24, 2.45) is 5.92 Å². The van der Waals surface area contributed by atoms with Crippen LogP contribution in [0.15, 0.2) is 53.0 Å². The number of rotatable bonds is 6. The fraction of sp³-hybridized carbons (Fsp3) is 0.333. The molecule has 1 aliphatic heterocycles. The molecule has 0 radical (unpaired) electrons. The Balaban J connectivity index is 1.36. The monoisotopic (exact) mass is 444 g/mol. The van der Waals surface area contributed by atoms with E-state index >= 15 is 0 Å². The maximum absolute atomic E-state index is 12.0. The van der Waals surface area contributed by atoms with Crippen molar-refractivity contribution in [3.8, 4) is 0 Å². The van der Waals surface area contributed by atoms with Crippen LogP contribution in [0.5, 0.6) is 0 Å². The van der Waals surface area contributed by atoms with Gasteiger partial charge in [-0.15, -0.1) is 0 Å². The molecule has 1 fully saturated rings. The molecule has 2 aromatic rings. The first-order valence-electron chi connectivity index (χ1n) is 9.39. The molecule has 6 nitrogen and oxygen atoms in total. The molecule has 148 valence electrons. The molecule has 0 aliphatic carbocycles. The molecule has 0 spiro atoms. The molecule has 3 N–H and O–H groups in total. The Morgan fingerprint density at radius 1 is 1.14 bits per heavy atom. The van der Waals surface area contributed by atoms with E-state index in [1.165, 1.54) is 5.69 Å². The van der Waals surface area contributed by atoms with E-state index in [0.29, 0.717) is 12.5 Å². The van der Waals surface area contributed by atoms with Gasteiger partial charge in [-0.25, -0.2) is 4.79 Å². The first-order chi connectivity index (χ1) is 13.5. The zero-order chi connectivity index (χ0) is 19.9. The zero-order valence-corrected chi connectivity index (χ0v) is 17.5. The van der Waals surface area contributed by atoms with Crippen LogP contribution in [0.4, 0.5) is 16.2 Å². The van der Waals surface area contributed by atoms with E-state index in [2.05, 4.69) is 48.9 Å². The second kappa shape index (κ2) is 9.59. The summed E-state index contributed by atoms with van der Waals surface area (Å²) in [6, 6.07) is 15.6. The van der Waals surface area contributed by atoms with Crippen LogP contribution in [0.25, 0.3) is 0 Å². The highest BCUT2D eigenvalue weighted by Crippen LogP contribution is 2.23. The summed E-state index contributed by atoms with van der Waals surface area (Å²) in [7, 11) is 0. The summed E-state index contributed by atoms with van der Waals surface area (Å²) in [6.07, 6.45) is 1.04. The quantitative estimate of drug-likeness (QED) is 0.637. The van der Waals surface area contributed by atoms with Crippen LogP contribution in [-0.2, 0) is 4.79 Å². The van der Waals surface area contributed by atoms with E-state index in [-0.39, 0.29) is 18.5 Å². The molecule has 0 saturated carbocycles. The van der Waals surface area contributed by atoms with Gasteiger partial charge in [-0.2, -0.15) is 0 Å². The molecular weight excluding hydrogens is 420 g/mol. The number of carbonyl (C=O) groups is 2. The van der Waals surface area contributed by atoms with Crippen LogP contribution in [-0.4, -0.2) is 38.1 Å². The number of halogens is 1. The lowest BCUT2D eigenvalue weighted by Gasteiger charge is -2.18. The molecule has 2 aromatic carbocycles. The average Bonchev–Trinajstić information content (AvgIpc) is 3.17. The summed E-state index contributed by atoms with van der Waals surface area (Å²) in [5, 5.41) is 8.29. The predicted molar refractivity (Wildman–Crippen MR) is 116 cm³/mol. The first-order valence-corrected chi connectivity index (χ1v) is 10.2. The topological polar surface area (TPSA) is 73.5 Å². The zero-order valence-electron chi connectivity index (χ0n) is 15.9. The highest BCUT2D eigenvalue weighted by Gasteiger charge is 2.23. The molecule has 1 atom stereocenters. The van der Waals surface area contributed by atoms with E-state index in [0.717, 1.165) is 35.2 Å². The lowest BCUT2D eigenvalue weighted by atomic mass is 10.1. The van der Waals surface area contributed by atoms with Gasteiger partial charge >= 0.3 is 6.03 Å². The molecule has 28 heavy (non-hydrogen) atoms. The summed E-state index contributed by atoms with van der Waals surface area (Å²) in [5.41, 5.74) is 2.91. The smallest absolute Gasteiger partial charge is 0.315 e. The lowest BCUT2D eigenvalue weighted by Crippen LogP contribution is -2.42. The van der Waals surface area contributed by atoms with Gasteiger partial charge in [0.25, 0.3) is 0 Å². The van der Waals surface area contributed by atoms with Crippen LogP contribution >= 0.6 is 15.9 Å². The minimum absolute atomic E-state index is 0.0673. The number of carbonyl (C=O) groups excluding carboxylic acids is 2. The average molecular weight is 445 g/mol. The largest absolute Gasteiger partial charge is 0.371 e. The van der Waals surface area contributed by atoms with Gasteiger partial charge in [0.15, 0.2) is 0 Å². The van der Waals surface area contributed by atoms with Gasteiger partial charge in [0.1, 0.15) is 0 Å². The molecule has 1 heterocycles. The van der Waals surface area contributed by atoms with Gasteiger partial charge in [-0.05, 0) is 55.2 Å². The lowest BCUT2D eigenvalue weighted by molar-refractivity contribution is -0.115. The number of nitrogens with one attached hydrogen (secondary N) is 3. The molecule has 0 aromatic heterocycles. The van der Waals surface area contributed by atoms with E-state index < -0.39 is 0 Å². The Labute approximate surface area is 173 Å². The Bertz CT molecular complexity index is 828. The Morgan fingerprint density at radius 3 is 2.68 bits per heavy atom. The Kier molecular flexibility index (Phi) is 6.92. The normalized spacial score (nSPS) is 15.9. The Hall–Kier alpha value is -2.54.